The Bertz CT molecular complexity index is 1780. The van der Waals surface area contributed by atoms with Gasteiger partial charge < -0.3 is 31.0 Å². The lowest BCUT2D eigenvalue weighted by Crippen LogP contribution is -2.23. The fraction of sp³-hybridized carbons (Fsp3) is 0.568. The van der Waals surface area contributed by atoms with Gasteiger partial charge in [-0.3, -0.25) is 4.79 Å². The van der Waals surface area contributed by atoms with E-state index in [1.807, 2.05) is 18.2 Å². The molecule has 14 nitrogen and oxygen atoms in total. The normalized spacial score (nSPS) is 19.1. The number of hydrogen-bond donors (Lipinski definition) is 5. The van der Waals surface area contributed by atoms with Crippen molar-refractivity contribution in [1.82, 2.24) is 39.9 Å². The lowest BCUT2D eigenvalue weighted by atomic mass is 10.2. The minimum absolute atomic E-state index is 0.167. The number of ether oxygens (including phenoxy) is 1. The highest BCUT2D eigenvalue weighted by Crippen LogP contribution is 2.36. The van der Waals surface area contributed by atoms with Crippen molar-refractivity contribution < 1.29 is 4.74 Å². The van der Waals surface area contributed by atoms with Crippen molar-refractivity contribution in [1.29, 1.82) is 0 Å². The van der Waals surface area contributed by atoms with E-state index in [-0.39, 0.29) is 5.56 Å². The smallest absolute Gasteiger partial charge is 0.248 e. The van der Waals surface area contributed by atoms with Crippen molar-refractivity contribution in [2.24, 2.45) is 23.7 Å². The molecular formula is C37H50N12O2. The Hall–Kier alpha value is -4.88. The maximum atomic E-state index is 11.6. The molecule has 0 unspecified atom stereocenters. The van der Waals surface area contributed by atoms with Crippen LogP contribution >= 0.6 is 0 Å². The number of methoxy groups -OCH3 is 1. The van der Waals surface area contributed by atoms with Crippen molar-refractivity contribution in [3.05, 3.63) is 46.8 Å². The third-order valence-electron chi connectivity index (χ3n) is 10.2. The molecule has 4 aromatic rings. The Balaban J connectivity index is 0.000000159. The molecule has 0 spiro atoms. The lowest BCUT2D eigenvalue weighted by Gasteiger charge is -2.17. The van der Waals surface area contributed by atoms with E-state index in [1.165, 1.54) is 57.4 Å². The van der Waals surface area contributed by atoms with Gasteiger partial charge in [-0.25, -0.2) is 4.98 Å². The van der Waals surface area contributed by atoms with Crippen molar-refractivity contribution in [3.63, 3.8) is 0 Å². The summed E-state index contributed by atoms with van der Waals surface area (Å²) in [6.45, 7) is 8.69. The maximum absolute atomic E-state index is 11.6. The van der Waals surface area contributed by atoms with E-state index < -0.39 is 0 Å². The van der Waals surface area contributed by atoms with Crippen molar-refractivity contribution in [2.75, 3.05) is 28.4 Å². The zero-order valence-corrected chi connectivity index (χ0v) is 30.2. The summed E-state index contributed by atoms with van der Waals surface area (Å²) in [6.07, 6.45) is 10.1. The summed E-state index contributed by atoms with van der Waals surface area (Å²) < 4.78 is 5.23. The van der Waals surface area contributed by atoms with Gasteiger partial charge in [-0.1, -0.05) is 12.1 Å². The highest BCUT2D eigenvalue weighted by Gasteiger charge is 2.32. The van der Waals surface area contributed by atoms with E-state index >= 15 is 0 Å². The largest absolute Gasteiger partial charge is 0.481 e. The number of anilines is 4. The topological polar surface area (TPSA) is 180 Å². The van der Waals surface area contributed by atoms with Crippen LogP contribution < -0.4 is 31.6 Å². The zero-order chi connectivity index (χ0) is 35.5. The second kappa shape index (κ2) is 15.2. The molecule has 0 aliphatic heterocycles. The number of nitrogens with zero attached hydrogens (tertiary/aromatic N) is 7. The maximum Gasteiger partial charge on any atom is 0.248 e. The molecule has 4 fully saturated rings. The number of pyridine rings is 2. The molecule has 8 rings (SSSR count). The highest BCUT2D eigenvalue weighted by molar-refractivity contribution is 5.55. The average Bonchev–Trinajstić information content (AvgIpc) is 3.95. The Kier molecular flexibility index (Phi) is 10.3. The first-order valence-electron chi connectivity index (χ1n) is 18.5. The predicted octanol–water partition coefficient (Wildman–Crippen LogP) is 6.01. The van der Waals surface area contributed by atoms with Crippen molar-refractivity contribution >= 4 is 23.8 Å². The van der Waals surface area contributed by atoms with E-state index in [2.05, 4.69) is 88.8 Å². The first kappa shape index (κ1) is 34.6. The van der Waals surface area contributed by atoms with Gasteiger partial charge in [0.15, 0.2) is 11.6 Å². The SMILES string of the molecule is COc1cccc(-c2nc(N[C@H](C)C3CC3)nc(N[C@H](C)C3CC3)n2)n1.C[C@@H](Nc1nc(N[C@H](C)C2CC2)nc(-c2cccc(=O)[nH]2)n1)C1CC1. The summed E-state index contributed by atoms with van der Waals surface area (Å²) in [7, 11) is 1.61. The van der Waals surface area contributed by atoms with Gasteiger partial charge >= 0.3 is 0 Å². The summed E-state index contributed by atoms with van der Waals surface area (Å²) in [5.41, 5.74) is 1.11. The van der Waals surface area contributed by atoms with Crippen LogP contribution in [0.25, 0.3) is 23.0 Å². The number of rotatable bonds is 15. The summed E-state index contributed by atoms with van der Waals surface area (Å²) in [5.74, 6) is 6.70. The van der Waals surface area contributed by atoms with Crippen LogP contribution in [0.1, 0.15) is 79.1 Å². The number of nitrogens with one attached hydrogen (secondary N) is 5. The molecule has 4 saturated carbocycles. The summed E-state index contributed by atoms with van der Waals surface area (Å²) in [4.78, 5) is 46.3. The average molecular weight is 695 g/mol. The van der Waals surface area contributed by atoms with Crippen molar-refractivity contribution in [3.8, 4) is 28.9 Å². The molecule has 4 atom stereocenters. The molecule has 4 heterocycles. The number of aromatic amines is 1. The third-order valence-corrected chi connectivity index (χ3v) is 10.2. The van der Waals surface area contributed by atoms with Gasteiger partial charge in [0, 0.05) is 36.3 Å². The van der Waals surface area contributed by atoms with Gasteiger partial charge in [-0.05, 0) is 115 Å². The minimum atomic E-state index is -0.167. The van der Waals surface area contributed by atoms with Gasteiger partial charge in [0.25, 0.3) is 0 Å². The van der Waals surface area contributed by atoms with E-state index in [0.29, 0.717) is 101 Å². The molecule has 4 aliphatic carbocycles. The molecular weight excluding hydrogens is 644 g/mol. The summed E-state index contributed by atoms with van der Waals surface area (Å²) in [5, 5.41) is 13.7. The Morgan fingerprint density at radius 3 is 1.37 bits per heavy atom. The predicted molar refractivity (Wildman–Crippen MR) is 199 cm³/mol. The van der Waals surface area contributed by atoms with Crippen LogP contribution in [0.2, 0.25) is 0 Å². The minimum Gasteiger partial charge on any atom is -0.481 e. The highest BCUT2D eigenvalue weighted by atomic mass is 16.5. The number of H-pyrrole nitrogens is 1. The van der Waals surface area contributed by atoms with E-state index in [9.17, 15) is 4.79 Å². The van der Waals surface area contributed by atoms with Gasteiger partial charge in [-0.2, -0.15) is 29.9 Å². The monoisotopic (exact) mass is 694 g/mol. The fourth-order valence-corrected chi connectivity index (χ4v) is 6.15. The molecule has 270 valence electrons. The molecule has 4 aromatic heterocycles. The third kappa shape index (κ3) is 9.67. The van der Waals surface area contributed by atoms with E-state index in [4.69, 9.17) is 4.74 Å². The molecule has 5 N–H and O–H groups in total. The van der Waals surface area contributed by atoms with Crippen LogP contribution in [0, 0.1) is 23.7 Å². The fourth-order valence-electron chi connectivity index (χ4n) is 6.15. The van der Waals surface area contributed by atoms with Gasteiger partial charge in [0.2, 0.25) is 35.2 Å². The molecule has 14 heteroatoms. The lowest BCUT2D eigenvalue weighted by molar-refractivity contribution is 0.398. The van der Waals surface area contributed by atoms with Crippen LogP contribution in [0.3, 0.4) is 0 Å². The van der Waals surface area contributed by atoms with Crippen LogP contribution in [0.15, 0.2) is 41.2 Å². The van der Waals surface area contributed by atoms with Crippen LogP contribution in [-0.4, -0.2) is 71.1 Å². The zero-order valence-electron chi connectivity index (χ0n) is 30.2. The van der Waals surface area contributed by atoms with E-state index in [1.54, 1.807) is 19.2 Å². The van der Waals surface area contributed by atoms with Crippen LogP contribution in [0.4, 0.5) is 23.8 Å². The molecule has 4 aliphatic rings. The standard InChI is InChI=1S/C19H26N6O.C18H24N6O/c1-11(13-7-8-13)20-18-23-17(15-5-4-6-16(22-15)26-3)24-19(25-18)21-12(2)14-9-10-14;1-10(12-6-7-12)19-17-22-16(14-4-3-5-15(25)21-14)23-18(24-17)20-11(2)13-8-9-13/h4-6,11-14H,7-10H2,1-3H3,(H2,20,21,23,24,25);3-5,10-13H,6-9H2,1-2H3,(H,21,25)(H2,19,20,22,23,24)/t11-,12-;10-,11-/m11/s1. The molecule has 0 amide bonds. The van der Waals surface area contributed by atoms with Crippen LogP contribution in [0.5, 0.6) is 5.88 Å². The van der Waals surface area contributed by atoms with Crippen molar-refractivity contribution in [2.45, 2.75) is 103 Å². The Morgan fingerprint density at radius 1 is 0.569 bits per heavy atom. The second-order valence-corrected chi connectivity index (χ2v) is 14.7. The quantitative estimate of drug-likeness (QED) is 0.0977. The van der Waals surface area contributed by atoms with E-state index in [0.717, 1.165) is 0 Å². The molecule has 51 heavy (non-hydrogen) atoms. The van der Waals surface area contributed by atoms with Crippen LogP contribution in [-0.2, 0) is 0 Å². The Labute approximate surface area is 298 Å². The second-order valence-electron chi connectivity index (χ2n) is 14.7. The first-order valence-corrected chi connectivity index (χ1v) is 18.5. The summed E-state index contributed by atoms with van der Waals surface area (Å²) in [6, 6.07) is 12.0. The van der Waals surface area contributed by atoms with Gasteiger partial charge in [-0.15, -0.1) is 0 Å². The Morgan fingerprint density at radius 2 is 0.980 bits per heavy atom. The summed E-state index contributed by atoms with van der Waals surface area (Å²) >= 11 is 0. The molecule has 0 aromatic carbocycles. The molecule has 0 bridgehead atoms. The first-order chi connectivity index (χ1) is 24.7. The number of aromatic nitrogens is 8. The molecule has 0 radical (unpaired) electrons. The van der Waals surface area contributed by atoms with Gasteiger partial charge in [0.1, 0.15) is 5.69 Å². The van der Waals surface area contributed by atoms with Gasteiger partial charge in [0.05, 0.1) is 12.8 Å². The number of hydrogen-bond acceptors (Lipinski definition) is 13. The molecule has 0 saturated heterocycles.